The molecule has 0 bridgehead atoms. The molecule has 0 aliphatic heterocycles. The average molecular weight is 624 g/mol. The van der Waals surface area contributed by atoms with Crippen molar-refractivity contribution in [1.29, 1.82) is 0 Å². The molecule has 39 heavy (non-hydrogen) atoms. The lowest BCUT2D eigenvalue weighted by Gasteiger charge is -2.28. The Labute approximate surface area is 234 Å². The lowest BCUT2D eigenvalue weighted by molar-refractivity contribution is -0.138. The third kappa shape index (κ3) is 13.4. The second-order valence-electron chi connectivity index (χ2n) is 9.55. The van der Waals surface area contributed by atoms with E-state index in [9.17, 15) is 38.7 Å². The van der Waals surface area contributed by atoms with Crippen LogP contribution in [0.4, 0.5) is 0 Å². The lowest BCUT2D eigenvalue weighted by Crippen LogP contribution is -2.61. The Bertz CT molecular complexity index is 913. The fraction of sp³-hybridized carbons (Fsp3) is 0.696. The third-order valence-corrected chi connectivity index (χ3v) is 5.95. The Morgan fingerprint density at radius 3 is 1.72 bits per heavy atom. The van der Waals surface area contributed by atoms with Crippen LogP contribution in [0.25, 0.3) is 0 Å². The molecule has 0 spiro atoms. The standard InChI is InChI=1S/C23H39BrN6O9/c1-10(2)17(20(25)36)28-15(33)9-26-22(38)18(11(3)4)29-23(39)19(12(5)31)30-21(37)13(6-7-16(34)35)27-14(32)8-24/h10-13,17-19,31H,6-9H2,1-5H3,(H2,25,36)(H,26,38)(H,27,32)(H,28,33)(H,29,39)(H,30,37)(H,34,35)/t12-,13+,17+,18+,19+/m1/s1. The zero-order valence-corrected chi connectivity index (χ0v) is 24.2. The van der Waals surface area contributed by atoms with E-state index in [1.807, 2.05) is 0 Å². The van der Waals surface area contributed by atoms with Gasteiger partial charge in [-0.3, -0.25) is 33.6 Å². The van der Waals surface area contributed by atoms with Crippen LogP contribution < -0.4 is 32.3 Å². The maximum atomic E-state index is 13.0. The van der Waals surface area contributed by atoms with Gasteiger partial charge in [-0.1, -0.05) is 43.6 Å². The molecule has 0 radical (unpaired) electrons. The van der Waals surface area contributed by atoms with E-state index >= 15 is 0 Å². The van der Waals surface area contributed by atoms with Crippen LogP contribution >= 0.6 is 15.9 Å². The predicted molar refractivity (Wildman–Crippen MR) is 142 cm³/mol. The third-order valence-electron chi connectivity index (χ3n) is 5.44. The largest absolute Gasteiger partial charge is 0.481 e. The molecule has 0 aromatic carbocycles. The van der Waals surface area contributed by atoms with Crippen LogP contribution in [0.5, 0.6) is 0 Å². The van der Waals surface area contributed by atoms with Gasteiger partial charge in [0.1, 0.15) is 24.2 Å². The van der Waals surface area contributed by atoms with Gasteiger partial charge in [0.15, 0.2) is 0 Å². The van der Waals surface area contributed by atoms with Gasteiger partial charge >= 0.3 is 5.97 Å². The summed E-state index contributed by atoms with van der Waals surface area (Å²) in [6.45, 7) is 7.29. The van der Waals surface area contributed by atoms with Crippen LogP contribution in [0.15, 0.2) is 0 Å². The van der Waals surface area contributed by atoms with Crippen molar-refractivity contribution >= 4 is 57.3 Å². The van der Waals surface area contributed by atoms with E-state index in [1.165, 1.54) is 6.92 Å². The highest BCUT2D eigenvalue weighted by molar-refractivity contribution is 9.09. The van der Waals surface area contributed by atoms with Gasteiger partial charge in [0, 0.05) is 6.42 Å². The normalized spacial score (nSPS) is 14.8. The van der Waals surface area contributed by atoms with Gasteiger partial charge < -0.3 is 42.5 Å². The molecular weight excluding hydrogens is 584 g/mol. The second-order valence-corrected chi connectivity index (χ2v) is 10.1. The van der Waals surface area contributed by atoms with Crippen molar-refractivity contribution in [2.75, 3.05) is 11.9 Å². The number of hydrogen-bond acceptors (Lipinski definition) is 8. The number of aliphatic carboxylic acids is 1. The number of alkyl halides is 1. The molecule has 9 N–H and O–H groups in total. The number of carbonyl (C=O) groups is 7. The molecule has 16 heteroatoms. The van der Waals surface area contributed by atoms with Crippen LogP contribution in [-0.4, -0.2) is 93.8 Å². The number of aliphatic hydroxyl groups is 1. The molecule has 0 aromatic rings. The number of primary amides is 1. The SMILES string of the molecule is CC(C)[C@H](NC(=O)CNC(=O)[C@@H](NC(=O)[C@@H](NC(=O)[C@H](CCC(=O)O)NC(=O)CBr)[C@@H](C)O)C(C)C)C(N)=O. The summed E-state index contributed by atoms with van der Waals surface area (Å²) in [5.41, 5.74) is 5.26. The molecule has 222 valence electrons. The van der Waals surface area contributed by atoms with Crippen molar-refractivity contribution in [3.63, 3.8) is 0 Å². The number of aliphatic hydroxyl groups excluding tert-OH is 1. The number of carboxylic acids is 1. The van der Waals surface area contributed by atoms with Crippen LogP contribution in [-0.2, 0) is 33.6 Å². The molecule has 5 atom stereocenters. The van der Waals surface area contributed by atoms with Crippen molar-refractivity contribution < 1.29 is 43.8 Å². The van der Waals surface area contributed by atoms with E-state index in [-0.39, 0.29) is 17.7 Å². The van der Waals surface area contributed by atoms with E-state index < -0.39 is 90.6 Å². The van der Waals surface area contributed by atoms with Crippen molar-refractivity contribution in [3.8, 4) is 0 Å². The smallest absolute Gasteiger partial charge is 0.303 e. The summed E-state index contributed by atoms with van der Waals surface area (Å²) in [6.07, 6.45) is -2.17. The van der Waals surface area contributed by atoms with Gasteiger partial charge in [0.05, 0.1) is 18.0 Å². The highest BCUT2D eigenvalue weighted by Crippen LogP contribution is 2.06. The van der Waals surface area contributed by atoms with Crippen molar-refractivity contribution in [3.05, 3.63) is 0 Å². The Kier molecular flexibility index (Phi) is 15.9. The summed E-state index contributed by atoms with van der Waals surface area (Å²) in [4.78, 5) is 84.8. The number of halogens is 1. The summed E-state index contributed by atoms with van der Waals surface area (Å²) in [6, 6.07) is -5.00. The van der Waals surface area contributed by atoms with E-state index in [0.717, 1.165) is 0 Å². The first-order valence-corrected chi connectivity index (χ1v) is 13.4. The van der Waals surface area contributed by atoms with Gasteiger partial charge in [-0.25, -0.2) is 0 Å². The fourth-order valence-electron chi connectivity index (χ4n) is 3.27. The Balaban J connectivity index is 5.44. The lowest BCUT2D eigenvalue weighted by atomic mass is 10.0. The van der Waals surface area contributed by atoms with Crippen LogP contribution in [0.1, 0.15) is 47.5 Å². The molecule has 0 saturated heterocycles. The number of carboxylic acid groups (broad SMARTS) is 1. The predicted octanol–water partition coefficient (Wildman–Crippen LogP) is -2.52. The Morgan fingerprint density at radius 2 is 1.28 bits per heavy atom. The monoisotopic (exact) mass is 622 g/mol. The summed E-state index contributed by atoms with van der Waals surface area (Å²) < 4.78 is 0. The molecule has 0 saturated carbocycles. The van der Waals surface area contributed by atoms with Crippen LogP contribution in [0.2, 0.25) is 0 Å². The highest BCUT2D eigenvalue weighted by atomic mass is 79.9. The Morgan fingerprint density at radius 1 is 0.744 bits per heavy atom. The molecular formula is C23H39BrN6O9. The average Bonchev–Trinajstić information content (AvgIpc) is 2.83. The number of nitrogens with one attached hydrogen (secondary N) is 5. The first-order chi connectivity index (χ1) is 18.0. The molecule has 15 nitrogen and oxygen atoms in total. The summed E-state index contributed by atoms with van der Waals surface area (Å²) in [5.74, 6) is -6.59. The molecule has 0 heterocycles. The van der Waals surface area contributed by atoms with Crippen LogP contribution in [0, 0.1) is 11.8 Å². The number of rotatable bonds is 17. The maximum absolute atomic E-state index is 13.0. The highest BCUT2D eigenvalue weighted by Gasteiger charge is 2.33. The Hall–Kier alpha value is -3.27. The molecule has 0 aromatic heterocycles. The van der Waals surface area contributed by atoms with Gasteiger partial charge in [0.2, 0.25) is 35.4 Å². The molecule has 0 rings (SSSR count). The zero-order valence-electron chi connectivity index (χ0n) is 22.6. The molecule has 0 aliphatic rings. The van der Waals surface area contributed by atoms with E-state index in [4.69, 9.17) is 10.8 Å². The molecule has 0 unspecified atom stereocenters. The molecule has 6 amide bonds. The first kappa shape index (κ1) is 35.7. The number of hydrogen-bond donors (Lipinski definition) is 8. The summed E-state index contributed by atoms with van der Waals surface area (Å²) in [5, 5.41) is 30.7. The van der Waals surface area contributed by atoms with Gasteiger partial charge in [0.25, 0.3) is 0 Å². The van der Waals surface area contributed by atoms with E-state index in [0.29, 0.717) is 0 Å². The van der Waals surface area contributed by atoms with Crippen molar-refractivity contribution in [2.24, 2.45) is 17.6 Å². The second kappa shape index (κ2) is 17.3. The minimum Gasteiger partial charge on any atom is -0.481 e. The molecule has 0 fully saturated rings. The maximum Gasteiger partial charge on any atom is 0.303 e. The van der Waals surface area contributed by atoms with Crippen molar-refractivity contribution in [1.82, 2.24) is 26.6 Å². The minimum absolute atomic E-state index is 0.159. The summed E-state index contributed by atoms with van der Waals surface area (Å²) in [7, 11) is 0. The van der Waals surface area contributed by atoms with E-state index in [2.05, 4.69) is 42.5 Å². The van der Waals surface area contributed by atoms with Gasteiger partial charge in [-0.05, 0) is 25.2 Å². The van der Waals surface area contributed by atoms with Gasteiger partial charge in [-0.2, -0.15) is 0 Å². The van der Waals surface area contributed by atoms with Crippen LogP contribution in [0.3, 0.4) is 0 Å². The quantitative estimate of drug-likeness (QED) is 0.0796. The summed E-state index contributed by atoms with van der Waals surface area (Å²) >= 11 is 2.92. The first-order valence-electron chi connectivity index (χ1n) is 12.2. The van der Waals surface area contributed by atoms with E-state index in [1.54, 1.807) is 27.7 Å². The number of carbonyl (C=O) groups excluding carboxylic acids is 6. The minimum atomic E-state index is -1.56. The number of nitrogens with two attached hydrogens (primary N) is 1. The zero-order chi connectivity index (χ0) is 30.4. The fourth-order valence-corrected chi connectivity index (χ4v) is 3.44. The number of amides is 6. The topological polar surface area (TPSA) is 246 Å². The van der Waals surface area contributed by atoms with Gasteiger partial charge in [-0.15, -0.1) is 0 Å². The van der Waals surface area contributed by atoms with Crippen molar-refractivity contribution in [2.45, 2.75) is 77.7 Å². The molecule has 0 aliphatic carbocycles.